The Morgan fingerprint density at radius 1 is 1.30 bits per heavy atom. The molecule has 0 atom stereocenters. The highest BCUT2D eigenvalue weighted by atomic mass is 79.9. The Labute approximate surface area is 131 Å². The zero-order chi connectivity index (χ0) is 14.7. The summed E-state index contributed by atoms with van der Waals surface area (Å²) < 4.78 is 20.0. The van der Waals surface area contributed by atoms with Gasteiger partial charge in [0.1, 0.15) is 0 Å². The van der Waals surface area contributed by atoms with Crippen LogP contribution < -0.4 is 4.74 Å². The molecule has 0 spiro atoms. The van der Waals surface area contributed by atoms with Crippen LogP contribution in [0.4, 0.5) is 4.39 Å². The molecule has 106 valence electrons. The molecule has 2 nitrogen and oxygen atoms in total. The molecule has 0 amide bonds. The first-order chi connectivity index (χ1) is 9.49. The fraction of sp³-hybridized carbons (Fsp3) is 0.267. The summed E-state index contributed by atoms with van der Waals surface area (Å²) in [7, 11) is 0. The van der Waals surface area contributed by atoms with Gasteiger partial charge in [-0.2, -0.15) is 0 Å². The zero-order valence-corrected chi connectivity index (χ0v) is 13.5. The van der Waals surface area contributed by atoms with Crippen molar-refractivity contribution in [2.75, 3.05) is 0 Å². The second-order valence-electron chi connectivity index (χ2n) is 4.70. The molecule has 1 aromatic heterocycles. The average molecular weight is 359 g/mol. The number of ether oxygens (including phenoxy) is 1. The van der Waals surface area contributed by atoms with Crippen LogP contribution in [0.1, 0.15) is 31.0 Å². The molecule has 0 bridgehead atoms. The van der Waals surface area contributed by atoms with Gasteiger partial charge in [0.2, 0.25) is 5.88 Å². The quantitative estimate of drug-likeness (QED) is 0.660. The monoisotopic (exact) mass is 357 g/mol. The summed E-state index contributed by atoms with van der Waals surface area (Å²) >= 11 is 9.16. The first-order valence-corrected chi connectivity index (χ1v) is 7.52. The summed E-state index contributed by atoms with van der Waals surface area (Å²) in [5.74, 6) is 0.655. The van der Waals surface area contributed by atoms with Gasteiger partial charge in [-0.15, -0.1) is 11.6 Å². The number of aromatic nitrogens is 1. The van der Waals surface area contributed by atoms with Gasteiger partial charge in [0.15, 0.2) is 11.6 Å². The molecular weight excluding hydrogens is 345 g/mol. The molecule has 0 saturated heterocycles. The van der Waals surface area contributed by atoms with Gasteiger partial charge in [0.25, 0.3) is 0 Å². The molecule has 0 aliphatic heterocycles. The van der Waals surface area contributed by atoms with Crippen LogP contribution in [0.15, 0.2) is 34.8 Å². The molecule has 2 aromatic rings. The van der Waals surface area contributed by atoms with Crippen LogP contribution in [-0.4, -0.2) is 4.98 Å². The van der Waals surface area contributed by atoms with Crippen molar-refractivity contribution in [3.63, 3.8) is 0 Å². The first-order valence-electron chi connectivity index (χ1n) is 6.19. The molecular formula is C15H14BrClFNO. The summed E-state index contributed by atoms with van der Waals surface area (Å²) in [4.78, 5) is 4.38. The molecule has 2 rings (SSSR count). The minimum Gasteiger partial charge on any atom is -0.436 e. The van der Waals surface area contributed by atoms with E-state index in [1.807, 2.05) is 19.9 Å². The van der Waals surface area contributed by atoms with Crippen LogP contribution in [0.2, 0.25) is 0 Å². The summed E-state index contributed by atoms with van der Waals surface area (Å²) in [6, 6.07) is 8.18. The highest BCUT2D eigenvalue weighted by molar-refractivity contribution is 9.10. The highest BCUT2D eigenvalue weighted by Gasteiger charge is 2.10. The van der Waals surface area contributed by atoms with Crippen LogP contribution >= 0.6 is 27.5 Å². The van der Waals surface area contributed by atoms with Crippen molar-refractivity contribution < 1.29 is 9.13 Å². The normalized spacial score (nSPS) is 10.9. The lowest BCUT2D eigenvalue weighted by Gasteiger charge is -2.11. The van der Waals surface area contributed by atoms with Crippen LogP contribution in [0.3, 0.4) is 0 Å². The lowest BCUT2D eigenvalue weighted by molar-refractivity contribution is 0.424. The molecule has 0 saturated carbocycles. The number of halogens is 3. The number of hydrogen-bond acceptors (Lipinski definition) is 2. The SMILES string of the molecule is CC(C)c1cc(CCl)cc(Oc2cc(Br)ccc2F)n1. The number of hydrogen-bond donors (Lipinski definition) is 0. The maximum absolute atomic E-state index is 13.7. The van der Waals surface area contributed by atoms with Gasteiger partial charge in [-0.05, 0) is 35.7 Å². The van der Waals surface area contributed by atoms with Crippen LogP contribution in [0, 0.1) is 5.82 Å². The number of rotatable bonds is 4. The summed E-state index contributed by atoms with van der Waals surface area (Å²) in [5.41, 5.74) is 1.77. The molecule has 0 aliphatic carbocycles. The summed E-state index contributed by atoms with van der Waals surface area (Å²) in [6.45, 7) is 4.06. The molecule has 1 aromatic carbocycles. The van der Waals surface area contributed by atoms with Gasteiger partial charge >= 0.3 is 0 Å². The largest absolute Gasteiger partial charge is 0.436 e. The van der Waals surface area contributed by atoms with E-state index in [1.54, 1.807) is 18.2 Å². The number of nitrogens with zero attached hydrogens (tertiary/aromatic N) is 1. The van der Waals surface area contributed by atoms with Gasteiger partial charge in [-0.25, -0.2) is 9.37 Å². The fourth-order valence-corrected chi connectivity index (χ4v) is 2.17. The Balaban J connectivity index is 2.37. The minimum atomic E-state index is -0.433. The van der Waals surface area contributed by atoms with E-state index in [9.17, 15) is 4.39 Å². The van der Waals surface area contributed by atoms with E-state index < -0.39 is 5.82 Å². The van der Waals surface area contributed by atoms with Gasteiger partial charge in [-0.3, -0.25) is 0 Å². The first kappa shape index (κ1) is 15.3. The maximum atomic E-state index is 13.7. The maximum Gasteiger partial charge on any atom is 0.219 e. The average Bonchev–Trinajstić information content (AvgIpc) is 2.42. The van der Waals surface area contributed by atoms with E-state index in [4.69, 9.17) is 16.3 Å². The summed E-state index contributed by atoms with van der Waals surface area (Å²) in [6.07, 6.45) is 0. The van der Waals surface area contributed by atoms with Gasteiger partial charge in [0, 0.05) is 22.1 Å². The minimum absolute atomic E-state index is 0.133. The van der Waals surface area contributed by atoms with E-state index in [-0.39, 0.29) is 11.7 Å². The van der Waals surface area contributed by atoms with Crippen molar-refractivity contribution in [2.24, 2.45) is 0 Å². The Bertz CT molecular complexity index is 619. The van der Waals surface area contributed by atoms with Gasteiger partial charge in [-0.1, -0.05) is 29.8 Å². The third-order valence-corrected chi connectivity index (χ3v) is 3.54. The molecule has 0 radical (unpaired) electrons. The van der Waals surface area contributed by atoms with E-state index in [1.165, 1.54) is 6.07 Å². The van der Waals surface area contributed by atoms with Crippen LogP contribution in [0.25, 0.3) is 0 Å². The fourth-order valence-electron chi connectivity index (χ4n) is 1.68. The second-order valence-corrected chi connectivity index (χ2v) is 5.89. The molecule has 20 heavy (non-hydrogen) atoms. The van der Waals surface area contributed by atoms with Crippen molar-refractivity contribution in [2.45, 2.75) is 25.6 Å². The third-order valence-electron chi connectivity index (χ3n) is 2.74. The predicted octanol–water partition coefficient (Wildman–Crippen LogP) is 5.64. The Morgan fingerprint density at radius 2 is 2.05 bits per heavy atom. The predicted molar refractivity (Wildman–Crippen MR) is 82.1 cm³/mol. The summed E-state index contributed by atoms with van der Waals surface area (Å²) in [5, 5.41) is 0. The Morgan fingerprint density at radius 3 is 2.70 bits per heavy atom. The van der Waals surface area contributed by atoms with Crippen molar-refractivity contribution >= 4 is 27.5 Å². The molecule has 0 fully saturated rings. The van der Waals surface area contributed by atoms with Crippen molar-refractivity contribution in [3.8, 4) is 11.6 Å². The van der Waals surface area contributed by atoms with E-state index in [0.717, 1.165) is 15.7 Å². The molecule has 5 heteroatoms. The van der Waals surface area contributed by atoms with Crippen molar-refractivity contribution in [1.29, 1.82) is 0 Å². The number of pyridine rings is 1. The number of alkyl halides is 1. The second kappa shape index (κ2) is 6.55. The molecule has 1 heterocycles. The lowest BCUT2D eigenvalue weighted by atomic mass is 10.1. The Hall–Kier alpha value is -1.13. The standard InChI is InChI=1S/C15H14BrClFNO/c1-9(2)13-5-10(8-17)6-15(19-13)20-14-7-11(16)3-4-12(14)18/h3-7,9H,8H2,1-2H3. The van der Waals surface area contributed by atoms with Crippen molar-refractivity contribution in [3.05, 3.63) is 51.9 Å². The van der Waals surface area contributed by atoms with E-state index >= 15 is 0 Å². The molecule has 0 aliphatic rings. The highest BCUT2D eigenvalue weighted by Crippen LogP contribution is 2.28. The topological polar surface area (TPSA) is 22.1 Å². The van der Waals surface area contributed by atoms with E-state index in [0.29, 0.717) is 11.8 Å². The number of benzene rings is 1. The molecule has 0 N–H and O–H groups in total. The molecule has 0 unspecified atom stereocenters. The lowest BCUT2D eigenvalue weighted by Crippen LogP contribution is -1.98. The Kier molecular flexibility index (Phi) is 5.00. The van der Waals surface area contributed by atoms with Gasteiger partial charge in [0.05, 0.1) is 0 Å². The third kappa shape index (κ3) is 3.70. The van der Waals surface area contributed by atoms with Crippen LogP contribution in [0.5, 0.6) is 11.6 Å². The van der Waals surface area contributed by atoms with Crippen LogP contribution in [-0.2, 0) is 5.88 Å². The smallest absolute Gasteiger partial charge is 0.219 e. The zero-order valence-electron chi connectivity index (χ0n) is 11.2. The van der Waals surface area contributed by atoms with Crippen molar-refractivity contribution in [1.82, 2.24) is 4.98 Å². The van der Waals surface area contributed by atoms with Gasteiger partial charge < -0.3 is 4.74 Å². The van der Waals surface area contributed by atoms with E-state index in [2.05, 4.69) is 20.9 Å².